The highest BCUT2D eigenvalue weighted by Crippen LogP contribution is 2.36. The monoisotopic (exact) mass is 379 g/mol. The van der Waals surface area contributed by atoms with Crippen molar-refractivity contribution >= 4 is 34.2 Å². The van der Waals surface area contributed by atoms with Crippen molar-refractivity contribution in [2.45, 2.75) is 45.1 Å². The number of hydrazine groups is 1. The lowest BCUT2D eigenvalue weighted by molar-refractivity contribution is -0.145. The smallest absolute Gasteiger partial charge is 0.331 e. The first-order valence-corrected chi connectivity index (χ1v) is 9.17. The summed E-state index contributed by atoms with van der Waals surface area (Å²) in [6, 6.07) is 6.93. The Balaban J connectivity index is 2.54. The van der Waals surface area contributed by atoms with Gasteiger partial charge < -0.3 is 10.2 Å². The van der Waals surface area contributed by atoms with Crippen LogP contribution in [-0.4, -0.2) is 33.3 Å². The number of fused-ring (bicyclic) bond motifs is 1. The zero-order chi connectivity index (χ0) is 19.3. The molecule has 0 aliphatic carbocycles. The quantitative estimate of drug-likeness (QED) is 0.454. The van der Waals surface area contributed by atoms with Crippen molar-refractivity contribution in [3.63, 3.8) is 0 Å². The van der Waals surface area contributed by atoms with E-state index in [1.54, 1.807) is 37.4 Å². The molecule has 0 amide bonds. The molecule has 0 aliphatic heterocycles. The van der Waals surface area contributed by atoms with Crippen molar-refractivity contribution in [1.82, 2.24) is 4.98 Å². The minimum Gasteiger partial charge on any atom is -0.479 e. The van der Waals surface area contributed by atoms with Crippen LogP contribution in [0.5, 0.6) is 0 Å². The standard InChI is InChI=1S/C19H26ClN3O3/c1-3-4-5-13(9-11-24)19(2,18(25)26)23(21)17-8-10-22-16-12-14(20)6-7-15(16)17/h6-8,10,12-13,24H,3-5,9,11,21H2,1-2H3,(H,25,26). The number of pyridine rings is 1. The first kappa shape index (κ1) is 20.4. The summed E-state index contributed by atoms with van der Waals surface area (Å²) in [4.78, 5) is 16.6. The molecule has 26 heavy (non-hydrogen) atoms. The third-order valence-corrected chi connectivity index (χ3v) is 5.29. The van der Waals surface area contributed by atoms with Gasteiger partial charge in [-0.05, 0) is 49.9 Å². The number of nitrogens with two attached hydrogens (primary N) is 1. The van der Waals surface area contributed by atoms with Gasteiger partial charge in [0.15, 0.2) is 5.54 Å². The van der Waals surface area contributed by atoms with Crippen LogP contribution in [0.25, 0.3) is 10.9 Å². The lowest BCUT2D eigenvalue weighted by atomic mass is 9.79. The molecule has 2 aromatic rings. The van der Waals surface area contributed by atoms with Crippen LogP contribution in [-0.2, 0) is 4.79 Å². The van der Waals surface area contributed by atoms with E-state index in [1.165, 1.54) is 5.01 Å². The van der Waals surface area contributed by atoms with Gasteiger partial charge in [-0.2, -0.15) is 0 Å². The summed E-state index contributed by atoms with van der Waals surface area (Å²) in [6.07, 6.45) is 4.43. The van der Waals surface area contributed by atoms with Crippen LogP contribution < -0.4 is 10.9 Å². The maximum absolute atomic E-state index is 12.3. The van der Waals surface area contributed by atoms with E-state index >= 15 is 0 Å². The normalized spacial score (nSPS) is 14.8. The Bertz CT molecular complexity index is 771. The molecule has 0 saturated carbocycles. The summed E-state index contributed by atoms with van der Waals surface area (Å²) in [7, 11) is 0. The van der Waals surface area contributed by atoms with Gasteiger partial charge in [-0.3, -0.25) is 9.99 Å². The van der Waals surface area contributed by atoms with Crippen LogP contribution in [0, 0.1) is 5.92 Å². The van der Waals surface area contributed by atoms with Gasteiger partial charge >= 0.3 is 5.97 Å². The van der Waals surface area contributed by atoms with Gasteiger partial charge in [0.05, 0.1) is 11.2 Å². The topological polar surface area (TPSA) is 99.7 Å². The molecule has 0 saturated heterocycles. The minimum absolute atomic E-state index is 0.0855. The number of hydrogen-bond donors (Lipinski definition) is 3. The molecule has 4 N–H and O–H groups in total. The molecule has 0 aliphatic rings. The van der Waals surface area contributed by atoms with Crippen LogP contribution >= 0.6 is 11.6 Å². The number of halogens is 1. The number of aromatic nitrogens is 1. The van der Waals surface area contributed by atoms with Crippen molar-refractivity contribution in [1.29, 1.82) is 0 Å². The second-order valence-electron chi connectivity index (χ2n) is 6.67. The second-order valence-corrected chi connectivity index (χ2v) is 7.10. The zero-order valence-electron chi connectivity index (χ0n) is 15.2. The number of aliphatic hydroxyl groups is 1. The van der Waals surface area contributed by atoms with Crippen LogP contribution in [0.1, 0.15) is 39.5 Å². The average Bonchev–Trinajstić information content (AvgIpc) is 2.62. The third kappa shape index (κ3) is 3.92. The molecule has 2 atom stereocenters. The minimum atomic E-state index is -1.37. The van der Waals surface area contributed by atoms with Crippen LogP contribution in [0.4, 0.5) is 5.69 Å². The Hall–Kier alpha value is -1.89. The molecule has 0 spiro atoms. The Morgan fingerprint density at radius 1 is 1.38 bits per heavy atom. The lowest BCUT2D eigenvalue weighted by Crippen LogP contribution is -2.61. The van der Waals surface area contributed by atoms with Gasteiger partial charge in [0.1, 0.15) is 0 Å². The molecular weight excluding hydrogens is 354 g/mol. The maximum atomic E-state index is 12.3. The first-order valence-electron chi connectivity index (χ1n) is 8.79. The predicted molar refractivity (Wildman–Crippen MR) is 104 cm³/mol. The molecule has 7 heteroatoms. The van der Waals surface area contributed by atoms with Crippen molar-refractivity contribution in [3.8, 4) is 0 Å². The number of hydrogen-bond acceptors (Lipinski definition) is 5. The molecule has 0 bridgehead atoms. The van der Waals surface area contributed by atoms with E-state index in [0.29, 0.717) is 29.1 Å². The molecular formula is C19H26ClN3O3. The largest absolute Gasteiger partial charge is 0.479 e. The fraction of sp³-hybridized carbons (Fsp3) is 0.474. The number of aliphatic hydroxyl groups excluding tert-OH is 1. The fourth-order valence-corrected chi connectivity index (χ4v) is 3.52. The molecule has 2 unspecified atom stereocenters. The number of carboxylic acids is 1. The van der Waals surface area contributed by atoms with Gasteiger partial charge in [-0.15, -0.1) is 0 Å². The number of benzene rings is 1. The predicted octanol–water partition coefficient (Wildman–Crippen LogP) is 3.60. The summed E-state index contributed by atoms with van der Waals surface area (Å²) in [6.45, 7) is 3.58. The molecule has 6 nitrogen and oxygen atoms in total. The highest BCUT2D eigenvalue weighted by molar-refractivity contribution is 6.31. The van der Waals surface area contributed by atoms with Crippen molar-refractivity contribution in [2.24, 2.45) is 11.8 Å². The van der Waals surface area contributed by atoms with E-state index in [-0.39, 0.29) is 12.5 Å². The summed E-state index contributed by atoms with van der Waals surface area (Å²) < 4.78 is 0. The van der Waals surface area contributed by atoms with Gasteiger partial charge in [0.2, 0.25) is 0 Å². The number of nitrogens with zero attached hydrogens (tertiary/aromatic N) is 2. The lowest BCUT2D eigenvalue weighted by Gasteiger charge is -2.42. The molecule has 142 valence electrons. The van der Waals surface area contributed by atoms with Gasteiger partial charge in [-0.1, -0.05) is 31.4 Å². The summed E-state index contributed by atoms with van der Waals surface area (Å²) in [5, 5.41) is 22.1. The molecule has 1 aromatic heterocycles. The highest BCUT2D eigenvalue weighted by atomic mass is 35.5. The SMILES string of the molecule is CCCCC(CCO)C(C)(C(=O)O)N(N)c1ccnc2cc(Cl)ccc12. The molecule has 1 aromatic carbocycles. The Labute approximate surface area is 158 Å². The number of anilines is 1. The van der Waals surface area contributed by atoms with E-state index in [1.807, 2.05) is 0 Å². The molecule has 0 radical (unpaired) electrons. The van der Waals surface area contributed by atoms with E-state index in [9.17, 15) is 15.0 Å². The molecule has 0 fully saturated rings. The Kier molecular flexibility index (Phi) is 6.81. The van der Waals surface area contributed by atoms with Crippen molar-refractivity contribution < 1.29 is 15.0 Å². The summed E-state index contributed by atoms with van der Waals surface area (Å²) in [5.74, 6) is 5.07. The zero-order valence-corrected chi connectivity index (χ0v) is 15.9. The van der Waals surface area contributed by atoms with E-state index in [2.05, 4.69) is 11.9 Å². The third-order valence-electron chi connectivity index (χ3n) is 5.05. The number of aliphatic carboxylic acids is 1. The number of carbonyl (C=O) groups is 1. The van der Waals surface area contributed by atoms with E-state index in [4.69, 9.17) is 17.4 Å². The van der Waals surface area contributed by atoms with Crippen molar-refractivity contribution in [2.75, 3.05) is 11.6 Å². The maximum Gasteiger partial charge on any atom is 0.331 e. The summed E-state index contributed by atoms with van der Waals surface area (Å²) in [5.41, 5.74) is -0.160. The highest BCUT2D eigenvalue weighted by Gasteiger charge is 2.45. The number of rotatable bonds is 9. The molecule has 2 rings (SSSR count). The number of carboxylic acid groups (broad SMARTS) is 1. The van der Waals surface area contributed by atoms with Crippen LogP contribution in [0.3, 0.4) is 0 Å². The fourth-order valence-electron chi connectivity index (χ4n) is 3.35. The molecule has 1 heterocycles. The van der Waals surface area contributed by atoms with Gasteiger partial charge in [0, 0.05) is 23.2 Å². The number of unbranched alkanes of at least 4 members (excludes halogenated alkanes) is 1. The van der Waals surface area contributed by atoms with Gasteiger partial charge in [-0.25, -0.2) is 10.6 Å². The van der Waals surface area contributed by atoms with Crippen LogP contribution in [0.15, 0.2) is 30.5 Å². The van der Waals surface area contributed by atoms with E-state index < -0.39 is 11.5 Å². The van der Waals surface area contributed by atoms with E-state index in [0.717, 1.165) is 18.2 Å². The van der Waals surface area contributed by atoms with Crippen LogP contribution in [0.2, 0.25) is 5.02 Å². The second kappa shape index (κ2) is 8.66. The Morgan fingerprint density at radius 2 is 2.12 bits per heavy atom. The average molecular weight is 380 g/mol. The first-order chi connectivity index (χ1) is 12.4. The summed E-state index contributed by atoms with van der Waals surface area (Å²) >= 11 is 6.03. The Morgan fingerprint density at radius 3 is 2.73 bits per heavy atom. The van der Waals surface area contributed by atoms with Gasteiger partial charge in [0.25, 0.3) is 0 Å². The van der Waals surface area contributed by atoms with Crippen molar-refractivity contribution in [3.05, 3.63) is 35.5 Å².